The molecule has 0 aliphatic carbocycles. The highest BCUT2D eigenvalue weighted by molar-refractivity contribution is 5.98. The number of hydrogen-bond donors (Lipinski definition) is 1. The van der Waals surface area contributed by atoms with Gasteiger partial charge in [0, 0.05) is 49.2 Å². The molecule has 12 heteroatoms. The van der Waals surface area contributed by atoms with Gasteiger partial charge >= 0.3 is 18.1 Å². The number of benzene rings is 2. The van der Waals surface area contributed by atoms with Crippen LogP contribution in [0.3, 0.4) is 0 Å². The van der Waals surface area contributed by atoms with E-state index in [4.69, 9.17) is 9.72 Å². The first-order chi connectivity index (χ1) is 19.0. The van der Waals surface area contributed by atoms with E-state index in [9.17, 15) is 27.6 Å². The number of nitrogens with zero attached hydrogens (tertiary/aromatic N) is 4. The van der Waals surface area contributed by atoms with Crippen molar-refractivity contribution in [3.05, 3.63) is 54.1 Å². The van der Waals surface area contributed by atoms with Crippen molar-refractivity contribution in [3.63, 3.8) is 0 Å². The number of aromatic nitrogens is 3. The number of piperidine rings is 1. The molecule has 1 N–H and O–H groups in total. The molecule has 4 aromatic rings. The fourth-order valence-corrected chi connectivity index (χ4v) is 5.45. The second-order valence-corrected chi connectivity index (χ2v) is 9.86. The molecule has 210 valence electrons. The van der Waals surface area contributed by atoms with Crippen LogP contribution in [-0.2, 0) is 27.9 Å². The lowest BCUT2D eigenvalue weighted by Crippen LogP contribution is -2.56. The van der Waals surface area contributed by atoms with Gasteiger partial charge in [-0.15, -0.1) is 0 Å². The molecule has 2 aromatic carbocycles. The first-order valence-corrected chi connectivity index (χ1v) is 12.8. The van der Waals surface area contributed by atoms with Crippen molar-refractivity contribution in [3.8, 4) is 11.5 Å². The number of likely N-dealkylation sites (tertiary alicyclic amines) is 1. The molecule has 2 atom stereocenters. The number of carbonyl (C=O) groups is 3. The first kappa shape index (κ1) is 27.2. The zero-order valence-electron chi connectivity index (χ0n) is 22.2. The molecule has 9 nitrogen and oxygen atoms in total. The summed E-state index contributed by atoms with van der Waals surface area (Å²) < 4.78 is 47.5. The van der Waals surface area contributed by atoms with Crippen LogP contribution in [-0.4, -0.2) is 69.2 Å². The predicted molar refractivity (Wildman–Crippen MR) is 141 cm³/mol. The van der Waals surface area contributed by atoms with Gasteiger partial charge < -0.3 is 24.1 Å². The highest BCUT2D eigenvalue weighted by atomic mass is 19.4. The quantitative estimate of drug-likeness (QED) is 0.377. The molecule has 2 unspecified atom stereocenters. The highest BCUT2D eigenvalue weighted by Crippen LogP contribution is 2.31. The Morgan fingerprint density at radius 3 is 2.52 bits per heavy atom. The van der Waals surface area contributed by atoms with Crippen molar-refractivity contribution in [2.45, 2.75) is 32.1 Å². The van der Waals surface area contributed by atoms with Crippen LogP contribution in [0.15, 0.2) is 48.5 Å². The van der Waals surface area contributed by atoms with Crippen LogP contribution in [0.5, 0.6) is 0 Å². The minimum Gasteiger partial charge on any atom is -0.469 e. The van der Waals surface area contributed by atoms with Crippen LogP contribution in [0.4, 0.5) is 13.2 Å². The lowest BCUT2D eigenvalue weighted by molar-refractivity contribution is -0.175. The van der Waals surface area contributed by atoms with Crippen LogP contribution in [0.1, 0.15) is 23.7 Å². The predicted octanol–water partition coefficient (Wildman–Crippen LogP) is 3.90. The molecule has 0 saturated carbocycles. The number of hydrogen-bond acceptors (Lipinski definition) is 5. The monoisotopic (exact) mass is 555 g/mol. The lowest BCUT2D eigenvalue weighted by Gasteiger charge is -2.37. The van der Waals surface area contributed by atoms with Crippen molar-refractivity contribution >= 4 is 39.7 Å². The molecule has 1 aliphatic heterocycles. The molecule has 0 radical (unpaired) electrons. The van der Waals surface area contributed by atoms with Crippen LogP contribution < -0.4 is 5.32 Å². The Balaban J connectivity index is 1.46. The maximum absolute atomic E-state index is 13.5. The van der Waals surface area contributed by atoms with Gasteiger partial charge in [-0.05, 0) is 43.7 Å². The van der Waals surface area contributed by atoms with Gasteiger partial charge in [-0.3, -0.25) is 14.4 Å². The summed E-state index contributed by atoms with van der Waals surface area (Å²) >= 11 is 0. The number of fused-ring (bicyclic) bond motifs is 2. The molecule has 0 spiro atoms. The smallest absolute Gasteiger partial charge is 0.469 e. The van der Waals surface area contributed by atoms with Gasteiger partial charge in [0.2, 0.25) is 0 Å². The normalized spacial score (nSPS) is 17.8. The molecule has 5 rings (SSSR count). The van der Waals surface area contributed by atoms with E-state index in [0.29, 0.717) is 5.52 Å². The third-order valence-corrected chi connectivity index (χ3v) is 7.35. The summed E-state index contributed by atoms with van der Waals surface area (Å²) in [6.45, 7) is 2.56. The Morgan fingerprint density at radius 1 is 1.07 bits per heavy atom. The topological polar surface area (TPSA) is 98.5 Å². The number of esters is 1. The summed E-state index contributed by atoms with van der Waals surface area (Å²) in [5.74, 6) is -3.45. The summed E-state index contributed by atoms with van der Waals surface area (Å²) in [6, 6.07) is 14.1. The van der Waals surface area contributed by atoms with E-state index in [1.54, 1.807) is 18.2 Å². The van der Waals surface area contributed by atoms with E-state index in [1.807, 2.05) is 41.2 Å². The van der Waals surface area contributed by atoms with Gasteiger partial charge in [0.05, 0.1) is 29.8 Å². The summed E-state index contributed by atoms with van der Waals surface area (Å²) in [5.41, 5.74) is 3.64. The van der Waals surface area contributed by atoms with E-state index in [1.165, 1.54) is 4.90 Å². The van der Waals surface area contributed by atoms with E-state index in [2.05, 4.69) is 17.6 Å². The average Bonchev–Trinajstić information content (AvgIpc) is 3.47. The summed E-state index contributed by atoms with van der Waals surface area (Å²) in [6.07, 6.45) is -5.16. The minimum atomic E-state index is -5.09. The minimum absolute atomic E-state index is 0.0496. The average molecular weight is 556 g/mol. The Bertz CT molecular complexity index is 1620. The van der Waals surface area contributed by atoms with Crippen LogP contribution in [0.2, 0.25) is 0 Å². The van der Waals surface area contributed by atoms with Gasteiger partial charge in [-0.2, -0.15) is 13.2 Å². The van der Waals surface area contributed by atoms with Crippen LogP contribution in [0.25, 0.3) is 33.5 Å². The maximum Gasteiger partial charge on any atom is 0.471 e. The number of nitrogens with one attached hydrogen (secondary N) is 1. The Labute approximate surface area is 227 Å². The SMILES string of the molecule is CCn1c(-c2nc3cc(C(=O)N4CC(NC(=O)C(F)(F)F)CC(C(=O)OC)C4)ccc3n2C)cc2ccccc21. The zero-order valence-corrected chi connectivity index (χ0v) is 22.2. The number of amides is 2. The third-order valence-electron chi connectivity index (χ3n) is 7.35. The number of aryl methyl sites for hydroxylation is 2. The van der Waals surface area contributed by atoms with Crippen molar-refractivity contribution < 1.29 is 32.3 Å². The summed E-state index contributed by atoms with van der Waals surface area (Å²) in [5, 5.41) is 2.98. The number of alkyl halides is 3. The Kier molecular flexibility index (Phi) is 7.03. The number of para-hydroxylation sites is 1. The van der Waals surface area contributed by atoms with E-state index < -0.39 is 35.9 Å². The molecular formula is C28H28F3N5O4. The third kappa shape index (κ3) is 4.89. The molecule has 2 amide bonds. The number of ether oxygens (including phenoxy) is 1. The molecule has 0 bridgehead atoms. The van der Waals surface area contributed by atoms with E-state index >= 15 is 0 Å². The van der Waals surface area contributed by atoms with Gasteiger partial charge in [0.15, 0.2) is 5.82 Å². The molecule has 1 aliphatic rings. The van der Waals surface area contributed by atoms with Gasteiger partial charge in [-0.25, -0.2) is 4.98 Å². The summed E-state index contributed by atoms with van der Waals surface area (Å²) in [4.78, 5) is 43.4. The molecular weight excluding hydrogens is 527 g/mol. The van der Waals surface area contributed by atoms with Crippen molar-refractivity contribution in [2.75, 3.05) is 20.2 Å². The second kappa shape index (κ2) is 10.3. The fourth-order valence-electron chi connectivity index (χ4n) is 5.45. The van der Waals surface area contributed by atoms with E-state index in [-0.39, 0.29) is 25.1 Å². The van der Waals surface area contributed by atoms with Gasteiger partial charge in [-0.1, -0.05) is 18.2 Å². The second-order valence-electron chi connectivity index (χ2n) is 9.86. The maximum atomic E-state index is 13.5. The van der Waals surface area contributed by atoms with Gasteiger partial charge in [0.1, 0.15) is 0 Å². The molecule has 1 saturated heterocycles. The van der Waals surface area contributed by atoms with Crippen molar-refractivity contribution in [1.82, 2.24) is 24.3 Å². The largest absolute Gasteiger partial charge is 0.471 e. The Hall–Kier alpha value is -4.35. The Morgan fingerprint density at radius 2 is 1.82 bits per heavy atom. The summed E-state index contributed by atoms with van der Waals surface area (Å²) in [7, 11) is 3.06. The zero-order chi connectivity index (χ0) is 28.8. The number of imidazole rings is 1. The number of methoxy groups -OCH3 is 1. The highest BCUT2D eigenvalue weighted by Gasteiger charge is 2.42. The van der Waals surface area contributed by atoms with Crippen LogP contribution in [0, 0.1) is 5.92 Å². The lowest BCUT2D eigenvalue weighted by atomic mass is 9.93. The fraction of sp³-hybridized carbons (Fsp3) is 0.357. The van der Waals surface area contributed by atoms with Crippen LogP contribution >= 0.6 is 0 Å². The van der Waals surface area contributed by atoms with Gasteiger partial charge in [0.25, 0.3) is 5.91 Å². The molecule has 40 heavy (non-hydrogen) atoms. The first-order valence-electron chi connectivity index (χ1n) is 12.8. The van der Waals surface area contributed by atoms with Crippen molar-refractivity contribution in [1.29, 1.82) is 0 Å². The molecule has 3 heterocycles. The number of halogens is 3. The standard InChI is InChI=1S/C28H28F3N5O4/c1-4-36-21-8-6-5-7-16(21)13-23(36)24-33-20-12-17(9-10-22(20)34(24)2)25(37)35-14-18(26(38)40-3)11-19(15-35)32-27(39)28(29,30)31/h5-10,12-13,18-19H,4,11,14-15H2,1-3H3,(H,32,39). The number of carbonyl (C=O) groups excluding carboxylic acids is 3. The molecule has 2 aromatic heterocycles. The van der Waals surface area contributed by atoms with Crippen molar-refractivity contribution in [2.24, 2.45) is 13.0 Å². The van der Waals surface area contributed by atoms with E-state index in [0.717, 1.165) is 41.6 Å². The molecule has 1 fully saturated rings. The number of rotatable bonds is 5.